The van der Waals surface area contributed by atoms with Gasteiger partial charge >= 0.3 is 0 Å². The lowest BCUT2D eigenvalue weighted by atomic mass is 10.2. The fourth-order valence-corrected chi connectivity index (χ4v) is 1.74. The Hall–Kier alpha value is -2.23. The number of pyridine rings is 1. The first kappa shape index (κ1) is 12.2. The third-order valence-electron chi connectivity index (χ3n) is 2.92. The molecule has 18 heavy (non-hydrogen) atoms. The topological polar surface area (TPSA) is 51.4 Å². The number of aromatic nitrogens is 1. The van der Waals surface area contributed by atoms with Crippen molar-refractivity contribution in [1.82, 2.24) is 4.98 Å². The zero-order valence-electron chi connectivity index (χ0n) is 10.8. The molecule has 4 nitrogen and oxygen atoms in total. The van der Waals surface area contributed by atoms with E-state index in [1.54, 1.807) is 13.3 Å². The molecule has 2 rings (SSSR count). The maximum Gasteiger partial charge on any atom is 0.142 e. The monoisotopic (exact) mass is 243 g/mol. The number of anilines is 3. The average molecular weight is 243 g/mol. The molecule has 2 aromatic rings. The summed E-state index contributed by atoms with van der Waals surface area (Å²) in [5.74, 6) is 1.60. The summed E-state index contributed by atoms with van der Waals surface area (Å²) in [6.45, 7) is 1.94. The second-order valence-electron chi connectivity index (χ2n) is 4.13. The molecule has 1 aromatic heterocycles. The molecule has 0 aliphatic rings. The van der Waals surface area contributed by atoms with Crippen LogP contribution >= 0.6 is 0 Å². The maximum atomic E-state index is 5.91. The van der Waals surface area contributed by atoms with E-state index in [-0.39, 0.29) is 0 Å². The van der Waals surface area contributed by atoms with Gasteiger partial charge in [-0.2, -0.15) is 0 Å². The molecule has 0 aliphatic heterocycles. The van der Waals surface area contributed by atoms with Crippen molar-refractivity contribution in [2.75, 3.05) is 24.8 Å². The van der Waals surface area contributed by atoms with Crippen molar-refractivity contribution in [3.63, 3.8) is 0 Å². The Labute approximate surface area is 107 Å². The average Bonchev–Trinajstić information content (AvgIpc) is 2.41. The van der Waals surface area contributed by atoms with Gasteiger partial charge in [0.1, 0.15) is 11.6 Å². The Morgan fingerprint density at radius 1 is 1.28 bits per heavy atom. The van der Waals surface area contributed by atoms with Crippen molar-refractivity contribution < 1.29 is 4.74 Å². The first-order valence-electron chi connectivity index (χ1n) is 5.72. The van der Waals surface area contributed by atoms with E-state index in [1.807, 2.05) is 49.2 Å². The maximum absolute atomic E-state index is 5.91. The Kier molecular flexibility index (Phi) is 3.37. The number of nitrogen functional groups attached to an aromatic ring is 1. The number of ether oxygens (including phenoxy) is 1. The first-order chi connectivity index (χ1) is 8.63. The van der Waals surface area contributed by atoms with E-state index in [1.165, 1.54) is 0 Å². The Bertz CT molecular complexity index is 554. The van der Waals surface area contributed by atoms with Crippen molar-refractivity contribution in [3.8, 4) is 5.75 Å². The smallest absolute Gasteiger partial charge is 0.142 e. The third kappa shape index (κ3) is 2.22. The molecule has 0 fully saturated rings. The highest BCUT2D eigenvalue weighted by atomic mass is 16.5. The van der Waals surface area contributed by atoms with Crippen molar-refractivity contribution in [3.05, 3.63) is 42.1 Å². The van der Waals surface area contributed by atoms with E-state index >= 15 is 0 Å². The predicted molar refractivity (Wildman–Crippen MR) is 74.4 cm³/mol. The number of rotatable bonds is 3. The molecule has 0 aliphatic carbocycles. The van der Waals surface area contributed by atoms with Gasteiger partial charge in [0.15, 0.2) is 0 Å². The molecule has 0 radical (unpaired) electrons. The highest BCUT2D eigenvalue weighted by Gasteiger charge is 2.11. The Balaban J connectivity index is 2.41. The fourth-order valence-electron chi connectivity index (χ4n) is 1.74. The largest absolute Gasteiger partial charge is 0.495 e. The summed E-state index contributed by atoms with van der Waals surface area (Å²) in [5, 5.41) is 0. The lowest BCUT2D eigenvalue weighted by Gasteiger charge is -2.21. The van der Waals surface area contributed by atoms with Crippen molar-refractivity contribution in [2.45, 2.75) is 6.92 Å². The second-order valence-corrected chi connectivity index (χ2v) is 4.13. The van der Waals surface area contributed by atoms with Crippen LogP contribution < -0.4 is 15.4 Å². The molecule has 1 heterocycles. The molecular weight excluding hydrogens is 226 g/mol. The summed E-state index contributed by atoms with van der Waals surface area (Å²) >= 11 is 0. The van der Waals surface area contributed by atoms with Crippen LogP contribution in [0.4, 0.5) is 17.2 Å². The summed E-state index contributed by atoms with van der Waals surface area (Å²) in [4.78, 5) is 6.33. The van der Waals surface area contributed by atoms with Gasteiger partial charge in [0.25, 0.3) is 0 Å². The SMILES string of the molecule is COc1ccccc1N(C)c1cc(N)c(C)cn1. The number of hydrogen-bond acceptors (Lipinski definition) is 4. The van der Waals surface area contributed by atoms with Gasteiger partial charge in [-0.05, 0) is 24.6 Å². The molecular formula is C14H17N3O. The molecule has 0 saturated heterocycles. The second kappa shape index (κ2) is 4.96. The van der Waals surface area contributed by atoms with Crippen molar-refractivity contribution >= 4 is 17.2 Å². The van der Waals surface area contributed by atoms with Crippen LogP contribution in [0.5, 0.6) is 5.75 Å². The molecule has 94 valence electrons. The van der Waals surface area contributed by atoms with Gasteiger partial charge in [-0.1, -0.05) is 12.1 Å². The summed E-state index contributed by atoms with van der Waals surface area (Å²) < 4.78 is 5.34. The van der Waals surface area contributed by atoms with Gasteiger partial charge < -0.3 is 15.4 Å². The Morgan fingerprint density at radius 3 is 2.67 bits per heavy atom. The van der Waals surface area contributed by atoms with E-state index in [4.69, 9.17) is 10.5 Å². The summed E-state index contributed by atoms with van der Waals surface area (Å²) in [6.07, 6.45) is 1.77. The molecule has 2 N–H and O–H groups in total. The van der Waals surface area contributed by atoms with Gasteiger partial charge in [-0.15, -0.1) is 0 Å². The number of benzene rings is 1. The molecule has 1 aromatic carbocycles. The minimum atomic E-state index is 0.738. The van der Waals surface area contributed by atoms with E-state index in [9.17, 15) is 0 Å². The number of hydrogen-bond donors (Lipinski definition) is 1. The van der Waals surface area contributed by atoms with Crippen molar-refractivity contribution in [2.24, 2.45) is 0 Å². The lowest BCUT2D eigenvalue weighted by Crippen LogP contribution is -2.12. The highest BCUT2D eigenvalue weighted by molar-refractivity contribution is 5.68. The van der Waals surface area contributed by atoms with Crippen LogP contribution in [0, 0.1) is 6.92 Å². The molecule has 0 spiro atoms. The van der Waals surface area contributed by atoms with Gasteiger partial charge in [-0.3, -0.25) is 0 Å². The lowest BCUT2D eigenvalue weighted by molar-refractivity contribution is 0.415. The minimum absolute atomic E-state index is 0.738. The zero-order valence-corrected chi connectivity index (χ0v) is 10.8. The number of para-hydroxylation sites is 2. The van der Waals surface area contributed by atoms with E-state index in [0.717, 1.165) is 28.5 Å². The van der Waals surface area contributed by atoms with Crippen molar-refractivity contribution in [1.29, 1.82) is 0 Å². The third-order valence-corrected chi connectivity index (χ3v) is 2.92. The van der Waals surface area contributed by atoms with Gasteiger partial charge in [-0.25, -0.2) is 4.98 Å². The van der Waals surface area contributed by atoms with E-state index in [2.05, 4.69) is 4.98 Å². The molecule has 0 atom stereocenters. The number of nitrogens with zero attached hydrogens (tertiary/aromatic N) is 2. The first-order valence-corrected chi connectivity index (χ1v) is 5.72. The van der Waals surface area contributed by atoms with Crippen LogP contribution in [0.25, 0.3) is 0 Å². The molecule has 0 unspecified atom stereocenters. The van der Waals surface area contributed by atoms with Crippen LogP contribution in [0.2, 0.25) is 0 Å². The molecule has 0 amide bonds. The summed E-state index contributed by atoms with van der Waals surface area (Å²) in [7, 11) is 3.60. The zero-order chi connectivity index (χ0) is 13.1. The minimum Gasteiger partial charge on any atom is -0.495 e. The quantitative estimate of drug-likeness (QED) is 0.900. The normalized spacial score (nSPS) is 10.2. The highest BCUT2D eigenvalue weighted by Crippen LogP contribution is 2.31. The number of aryl methyl sites for hydroxylation is 1. The standard InChI is InChI=1S/C14H17N3O/c1-10-9-16-14(8-11(10)15)17(2)12-6-4-5-7-13(12)18-3/h4-9H,1-3H3,(H2,15,16). The van der Waals surface area contributed by atoms with Crippen LogP contribution in [-0.4, -0.2) is 19.1 Å². The summed E-state index contributed by atoms with van der Waals surface area (Å²) in [6, 6.07) is 9.67. The van der Waals surface area contributed by atoms with E-state index in [0.29, 0.717) is 0 Å². The van der Waals surface area contributed by atoms with Gasteiger partial charge in [0.2, 0.25) is 0 Å². The number of nitrogens with two attached hydrogens (primary N) is 1. The van der Waals surface area contributed by atoms with Gasteiger partial charge in [0.05, 0.1) is 12.8 Å². The van der Waals surface area contributed by atoms with Crippen LogP contribution in [0.15, 0.2) is 36.5 Å². The fraction of sp³-hybridized carbons (Fsp3) is 0.214. The summed E-state index contributed by atoms with van der Waals surface area (Å²) in [5.41, 5.74) is 8.58. The van der Waals surface area contributed by atoms with E-state index < -0.39 is 0 Å². The number of methoxy groups -OCH3 is 1. The van der Waals surface area contributed by atoms with Crippen LogP contribution in [-0.2, 0) is 0 Å². The molecule has 0 bridgehead atoms. The van der Waals surface area contributed by atoms with Crippen LogP contribution in [0.3, 0.4) is 0 Å². The molecule has 0 saturated carbocycles. The Morgan fingerprint density at radius 2 is 2.00 bits per heavy atom. The predicted octanol–water partition coefficient (Wildman–Crippen LogP) is 2.75. The molecule has 4 heteroatoms. The van der Waals surface area contributed by atoms with Crippen LogP contribution in [0.1, 0.15) is 5.56 Å². The van der Waals surface area contributed by atoms with Gasteiger partial charge in [0, 0.05) is 25.0 Å².